The molecular weight excluding hydrogens is 266 g/mol. The molecule has 21 heavy (non-hydrogen) atoms. The highest BCUT2D eigenvalue weighted by Crippen LogP contribution is 2.21. The van der Waals surface area contributed by atoms with Gasteiger partial charge in [-0.15, -0.1) is 0 Å². The number of carbonyl (C=O) groups is 1. The molecule has 0 atom stereocenters. The Morgan fingerprint density at radius 3 is 2.43 bits per heavy atom. The molecule has 0 spiro atoms. The molecule has 1 N–H and O–H groups in total. The van der Waals surface area contributed by atoms with Gasteiger partial charge < -0.3 is 15.1 Å². The van der Waals surface area contributed by atoms with Gasteiger partial charge in [0.2, 0.25) is 5.95 Å². The van der Waals surface area contributed by atoms with Crippen molar-refractivity contribution in [2.24, 2.45) is 0 Å². The molecule has 2 aliphatic heterocycles. The van der Waals surface area contributed by atoms with E-state index in [0.29, 0.717) is 6.04 Å². The highest BCUT2D eigenvalue weighted by Gasteiger charge is 2.30. The van der Waals surface area contributed by atoms with Crippen molar-refractivity contribution in [2.75, 3.05) is 31.1 Å². The number of aromatic nitrogens is 2. The molecule has 2 amide bonds. The fraction of sp³-hybridized carbons (Fsp3) is 0.667. The second-order valence-electron chi connectivity index (χ2n) is 5.95. The molecule has 0 aromatic carbocycles. The van der Waals surface area contributed by atoms with E-state index in [4.69, 9.17) is 0 Å². The lowest BCUT2D eigenvalue weighted by atomic mass is 10.0. The van der Waals surface area contributed by atoms with Gasteiger partial charge in [-0.3, -0.25) is 0 Å². The molecule has 6 heteroatoms. The van der Waals surface area contributed by atoms with Crippen LogP contribution in [0.2, 0.25) is 0 Å². The number of hydrogen-bond acceptors (Lipinski definition) is 4. The van der Waals surface area contributed by atoms with Crippen molar-refractivity contribution in [3.05, 3.63) is 17.5 Å². The van der Waals surface area contributed by atoms with Crippen LogP contribution in [0.4, 0.5) is 10.7 Å². The summed E-state index contributed by atoms with van der Waals surface area (Å²) < 4.78 is 0. The van der Waals surface area contributed by atoms with E-state index in [0.717, 1.165) is 62.8 Å². The van der Waals surface area contributed by atoms with Crippen molar-refractivity contribution < 1.29 is 4.79 Å². The van der Waals surface area contributed by atoms with Gasteiger partial charge in [0, 0.05) is 43.6 Å². The zero-order chi connectivity index (χ0) is 14.8. The van der Waals surface area contributed by atoms with Gasteiger partial charge >= 0.3 is 6.03 Å². The fourth-order valence-corrected chi connectivity index (χ4v) is 3.22. The molecule has 0 bridgehead atoms. The van der Waals surface area contributed by atoms with E-state index in [9.17, 15) is 4.79 Å². The van der Waals surface area contributed by atoms with Crippen LogP contribution >= 0.6 is 0 Å². The monoisotopic (exact) mass is 289 g/mol. The lowest BCUT2D eigenvalue weighted by molar-refractivity contribution is 0.149. The number of nitrogens with one attached hydrogen (secondary N) is 1. The Bertz CT molecular complexity index is 505. The van der Waals surface area contributed by atoms with Crippen LogP contribution < -0.4 is 10.2 Å². The summed E-state index contributed by atoms with van der Waals surface area (Å²) in [5.74, 6) is 0.828. The largest absolute Gasteiger partial charge is 0.341 e. The Hall–Kier alpha value is -1.85. The molecule has 0 radical (unpaired) electrons. The van der Waals surface area contributed by atoms with Crippen molar-refractivity contribution in [3.63, 3.8) is 0 Å². The van der Waals surface area contributed by atoms with Crippen molar-refractivity contribution in [1.82, 2.24) is 20.2 Å². The van der Waals surface area contributed by atoms with Crippen molar-refractivity contribution in [2.45, 2.75) is 39.2 Å². The molecule has 0 saturated carbocycles. The van der Waals surface area contributed by atoms with Gasteiger partial charge in [0.25, 0.3) is 0 Å². The fourth-order valence-electron chi connectivity index (χ4n) is 3.22. The number of anilines is 1. The maximum absolute atomic E-state index is 11.9. The number of aryl methyl sites for hydroxylation is 2. The van der Waals surface area contributed by atoms with Crippen LogP contribution in [0.5, 0.6) is 0 Å². The van der Waals surface area contributed by atoms with E-state index in [2.05, 4.69) is 20.2 Å². The molecule has 114 valence electrons. The standard InChI is InChI=1S/C15H23N5O/c1-11-10-12(2)18-14(17-11)19-8-4-13(5-9-19)20-7-3-6-16-15(20)21/h10,13H,3-9H2,1-2H3,(H,16,21). The van der Waals surface area contributed by atoms with Crippen LogP contribution in [0.15, 0.2) is 6.07 Å². The number of piperidine rings is 1. The Morgan fingerprint density at radius 2 is 1.81 bits per heavy atom. The molecule has 3 rings (SSSR count). The molecule has 1 aromatic rings. The topological polar surface area (TPSA) is 61.4 Å². The molecule has 3 heterocycles. The smallest absolute Gasteiger partial charge is 0.317 e. The molecular formula is C15H23N5O. The van der Waals surface area contributed by atoms with Gasteiger partial charge in [0.05, 0.1) is 0 Å². The summed E-state index contributed by atoms with van der Waals surface area (Å²) in [6, 6.07) is 2.45. The zero-order valence-corrected chi connectivity index (χ0v) is 12.8. The maximum Gasteiger partial charge on any atom is 0.317 e. The molecule has 1 aromatic heterocycles. The first kappa shape index (κ1) is 14.1. The van der Waals surface area contributed by atoms with E-state index in [1.54, 1.807) is 0 Å². The number of carbonyl (C=O) groups excluding carboxylic acids is 1. The molecule has 2 saturated heterocycles. The minimum Gasteiger partial charge on any atom is -0.341 e. The lowest BCUT2D eigenvalue weighted by Gasteiger charge is -2.40. The van der Waals surface area contributed by atoms with Gasteiger partial charge in [-0.1, -0.05) is 0 Å². The van der Waals surface area contributed by atoms with Crippen molar-refractivity contribution >= 4 is 12.0 Å². The summed E-state index contributed by atoms with van der Waals surface area (Å²) in [5, 5.41) is 2.94. The summed E-state index contributed by atoms with van der Waals surface area (Å²) in [4.78, 5) is 25.2. The minimum atomic E-state index is 0.0994. The Labute approximate surface area is 125 Å². The van der Waals surface area contributed by atoms with Crippen LogP contribution in [0, 0.1) is 13.8 Å². The van der Waals surface area contributed by atoms with Gasteiger partial charge in [0.1, 0.15) is 0 Å². The van der Waals surface area contributed by atoms with E-state index in [1.165, 1.54) is 0 Å². The number of nitrogens with zero attached hydrogens (tertiary/aromatic N) is 4. The summed E-state index contributed by atoms with van der Waals surface area (Å²) in [7, 11) is 0. The van der Waals surface area contributed by atoms with E-state index in [-0.39, 0.29) is 6.03 Å². The summed E-state index contributed by atoms with van der Waals surface area (Å²) in [6.45, 7) is 7.53. The van der Waals surface area contributed by atoms with Gasteiger partial charge in [-0.2, -0.15) is 0 Å². The predicted molar refractivity (Wildman–Crippen MR) is 81.5 cm³/mol. The van der Waals surface area contributed by atoms with E-state index in [1.807, 2.05) is 24.8 Å². The van der Waals surface area contributed by atoms with Crippen LogP contribution in [0.3, 0.4) is 0 Å². The third kappa shape index (κ3) is 3.09. The highest BCUT2D eigenvalue weighted by molar-refractivity contribution is 5.75. The Morgan fingerprint density at radius 1 is 1.14 bits per heavy atom. The lowest BCUT2D eigenvalue weighted by Crippen LogP contribution is -2.54. The van der Waals surface area contributed by atoms with Crippen LogP contribution in [0.1, 0.15) is 30.7 Å². The summed E-state index contributed by atoms with van der Waals surface area (Å²) in [5.41, 5.74) is 2.02. The number of hydrogen-bond donors (Lipinski definition) is 1. The normalized spacial score (nSPS) is 20.6. The van der Waals surface area contributed by atoms with Gasteiger partial charge in [-0.25, -0.2) is 14.8 Å². The Kier molecular flexibility index (Phi) is 3.94. The maximum atomic E-state index is 11.9. The average molecular weight is 289 g/mol. The van der Waals surface area contributed by atoms with E-state index >= 15 is 0 Å². The highest BCUT2D eigenvalue weighted by atomic mass is 16.2. The second-order valence-corrected chi connectivity index (χ2v) is 5.95. The molecule has 0 aliphatic carbocycles. The zero-order valence-electron chi connectivity index (χ0n) is 12.8. The first-order valence-corrected chi connectivity index (χ1v) is 7.75. The summed E-state index contributed by atoms with van der Waals surface area (Å²) >= 11 is 0. The molecule has 2 fully saturated rings. The summed E-state index contributed by atoms with van der Waals surface area (Å²) in [6.07, 6.45) is 3.03. The molecule has 2 aliphatic rings. The third-order valence-corrected chi connectivity index (χ3v) is 4.27. The van der Waals surface area contributed by atoms with Crippen molar-refractivity contribution in [3.8, 4) is 0 Å². The SMILES string of the molecule is Cc1cc(C)nc(N2CCC(N3CCCNC3=O)CC2)n1. The second kappa shape index (κ2) is 5.87. The minimum absolute atomic E-state index is 0.0994. The van der Waals surface area contributed by atoms with Crippen LogP contribution in [-0.2, 0) is 0 Å². The quantitative estimate of drug-likeness (QED) is 0.896. The number of amides is 2. The number of rotatable bonds is 2. The van der Waals surface area contributed by atoms with Gasteiger partial charge in [-0.05, 0) is 39.2 Å². The number of urea groups is 1. The van der Waals surface area contributed by atoms with Gasteiger partial charge in [0.15, 0.2) is 0 Å². The average Bonchev–Trinajstić information content (AvgIpc) is 2.47. The van der Waals surface area contributed by atoms with Crippen LogP contribution in [0.25, 0.3) is 0 Å². The molecule has 6 nitrogen and oxygen atoms in total. The first-order chi connectivity index (χ1) is 10.1. The van der Waals surface area contributed by atoms with E-state index < -0.39 is 0 Å². The van der Waals surface area contributed by atoms with Crippen molar-refractivity contribution in [1.29, 1.82) is 0 Å². The predicted octanol–water partition coefficient (Wildman–Crippen LogP) is 1.48. The van der Waals surface area contributed by atoms with Crippen LogP contribution in [-0.4, -0.2) is 53.1 Å². The molecule has 0 unspecified atom stereocenters. The Balaban J connectivity index is 1.63. The third-order valence-electron chi connectivity index (χ3n) is 4.27. The first-order valence-electron chi connectivity index (χ1n) is 7.75.